The molecule has 2 unspecified atom stereocenters. The molecule has 0 spiro atoms. The fourth-order valence-corrected chi connectivity index (χ4v) is 2.48. The van der Waals surface area contributed by atoms with Gasteiger partial charge in [0.1, 0.15) is 5.78 Å². The second-order valence-electron chi connectivity index (χ2n) is 4.62. The third-order valence-electron chi connectivity index (χ3n) is 4.03. The Kier molecular flexibility index (Phi) is 0.826. The fourth-order valence-electron chi connectivity index (χ4n) is 2.48. The summed E-state index contributed by atoms with van der Waals surface area (Å²) in [4.78, 5) is 11.9. The van der Waals surface area contributed by atoms with Gasteiger partial charge in [-0.1, -0.05) is 20.8 Å². The molecule has 0 aromatic heterocycles. The van der Waals surface area contributed by atoms with E-state index in [0.717, 1.165) is 12.8 Å². The van der Waals surface area contributed by atoms with Crippen LogP contribution in [-0.4, -0.2) is 5.78 Å². The second kappa shape index (κ2) is 1.70. The van der Waals surface area contributed by atoms with Gasteiger partial charge in [0.25, 0.3) is 0 Å². The third kappa shape index (κ3) is 0.605. The van der Waals surface area contributed by atoms with E-state index in [1.807, 2.05) is 20.8 Å². The van der Waals surface area contributed by atoms with Gasteiger partial charge >= 0.3 is 0 Å². The molecule has 0 amide bonds. The summed E-state index contributed by atoms with van der Waals surface area (Å²) in [7, 11) is 0. The highest BCUT2D eigenvalue weighted by molar-refractivity contribution is 5.89. The van der Waals surface area contributed by atoms with Crippen LogP contribution in [0.25, 0.3) is 0 Å². The molecule has 62 valence electrons. The van der Waals surface area contributed by atoms with Crippen LogP contribution in [0.15, 0.2) is 0 Å². The molecule has 2 aliphatic carbocycles. The first-order chi connectivity index (χ1) is 5.74. The molecule has 2 saturated carbocycles. The van der Waals surface area contributed by atoms with Crippen molar-refractivity contribution in [3.8, 4) is 0 Å². The highest BCUT2D eigenvalue weighted by Gasteiger charge is 2.61. The SMILES string of the molecule is [3H]C1([3H])C(=O)C2(C)CCC1C2(C)C. The number of hydrogen-bond donors (Lipinski definition) is 0. The van der Waals surface area contributed by atoms with Crippen molar-refractivity contribution in [2.45, 2.75) is 40.0 Å². The lowest BCUT2D eigenvalue weighted by molar-refractivity contribution is -0.128. The van der Waals surface area contributed by atoms with Crippen LogP contribution in [0.1, 0.15) is 42.7 Å². The summed E-state index contributed by atoms with van der Waals surface area (Å²) in [6.45, 7) is 6.00. The minimum absolute atomic E-state index is 0.0718. The minimum Gasteiger partial charge on any atom is -0.299 e. The van der Waals surface area contributed by atoms with E-state index in [-0.39, 0.29) is 17.1 Å². The van der Waals surface area contributed by atoms with Crippen molar-refractivity contribution < 1.29 is 7.54 Å². The Balaban J connectivity index is 2.58. The van der Waals surface area contributed by atoms with E-state index in [1.54, 1.807) is 0 Å². The third-order valence-corrected chi connectivity index (χ3v) is 4.03. The zero-order valence-electron chi connectivity index (χ0n) is 9.40. The van der Waals surface area contributed by atoms with E-state index in [4.69, 9.17) is 2.74 Å². The first-order valence-corrected chi connectivity index (χ1v) is 4.29. The zero-order chi connectivity index (χ0) is 10.1. The summed E-state index contributed by atoms with van der Waals surface area (Å²) in [6, 6.07) is 0. The molecule has 0 aromatic carbocycles. The highest BCUT2D eigenvalue weighted by atomic mass is 16.1. The summed E-state index contributed by atoms with van der Waals surface area (Å²) < 4.78 is 15.6. The molecule has 0 heterocycles. The number of ketones is 1. The normalized spacial score (nSPS) is 54.1. The fraction of sp³-hybridized carbons (Fsp3) is 0.900. The van der Waals surface area contributed by atoms with Crippen LogP contribution in [-0.2, 0) is 4.79 Å². The second-order valence-corrected chi connectivity index (χ2v) is 4.62. The quantitative estimate of drug-likeness (QED) is 0.526. The highest BCUT2D eigenvalue weighted by Crippen LogP contribution is 2.63. The molecule has 2 rings (SSSR count). The Morgan fingerprint density at radius 3 is 2.45 bits per heavy atom. The first kappa shape index (κ1) is 5.34. The number of Topliss-reactive ketones (excluding diaryl/α,β-unsaturated/α-hetero) is 1. The Labute approximate surface area is 71.0 Å². The van der Waals surface area contributed by atoms with Crippen molar-refractivity contribution in [1.82, 2.24) is 0 Å². The van der Waals surface area contributed by atoms with Gasteiger partial charge < -0.3 is 0 Å². The molecule has 2 atom stereocenters. The molecule has 2 aliphatic rings. The molecule has 0 radical (unpaired) electrons. The van der Waals surface area contributed by atoms with E-state index in [2.05, 4.69) is 0 Å². The number of rotatable bonds is 0. The number of hydrogen-bond acceptors (Lipinski definition) is 1. The topological polar surface area (TPSA) is 17.1 Å². The van der Waals surface area contributed by atoms with Crippen molar-refractivity contribution >= 4 is 5.78 Å². The maximum absolute atomic E-state index is 11.9. The van der Waals surface area contributed by atoms with Gasteiger partial charge in [0.15, 0.2) is 0 Å². The Hall–Kier alpha value is -0.330. The monoisotopic (exact) mass is 156 g/mol. The van der Waals surface area contributed by atoms with E-state index in [9.17, 15) is 4.79 Å². The predicted molar refractivity (Wildman–Crippen MR) is 44.2 cm³/mol. The molecular formula is C10H16O. The summed E-state index contributed by atoms with van der Waals surface area (Å²) in [5, 5.41) is 0. The zero-order valence-corrected chi connectivity index (χ0v) is 7.40. The Morgan fingerprint density at radius 2 is 2.18 bits per heavy atom. The first-order valence-electron chi connectivity index (χ1n) is 5.29. The lowest BCUT2D eigenvalue weighted by Crippen LogP contribution is -2.32. The van der Waals surface area contributed by atoms with Gasteiger partial charge in [-0.05, 0) is 24.2 Å². The molecule has 0 aliphatic heterocycles. The van der Waals surface area contributed by atoms with Crippen molar-refractivity contribution in [3.05, 3.63) is 0 Å². The molecule has 2 fully saturated rings. The maximum Gasteiger partial charge on any atom is 0.139 e. The predicted octanol–water partition coefficient (Wildman–Crippen LogP) is 2.40. The van der Waals surface area contributed by atoms with Gasteiger partial charge in [-0.25, -0.2) is 0 Å². The van der Waals surface area contributed by atoms with Gasteiger partial charge in [0, 0.05) is 14.5 Å². The molecule has 2 bridgehead atoms. The van der Waals surface area contributed by atoms with Crippen LogP contribution in [0.5, 0.6) is 0 Å². The van der Waals surface area contributed by atoms with Crippen molar-refractivity contribution in [2.75, 3.05) is 0 Å². The van der Waals surface area contributed by atoms with E-state index >= 15 is 0 Å². The molecular weight excluding hydrogens is 136 g/mol. The average Bonchev–Trinajstić information content (AvgIpc) is 2.26. The molecule has 0 aromatic rings. The largest absolute Gasteiger partial charge is 0.299 e. The van der Waals surface area contributed by atoms with Crippen molar-refractivity contribution in [3.63, 3.8) is 0 Å². The van der Waals surface area contributed by atoms with Gasteiger partial charge in [0.05, 0.1) is 0 Å². The van der Waals surface area contributed by atoms with E-state index in [0.29, 0.717) is 0 Å². The average molecular weight is 156 g/mol. The number of carbonyl (C=O) groups is 1. The van der Waals surface area contributed by atoms with Crippen LogP contribution in [0.4, 0.5) is 0 Å². The molecule has 0 saturated heterocycles. The van der Waals surface area contributed by atoms with Gasteiger partial charge in [0.2, 0.25) is 0 Å². The van der Waals surface area contributed by atoms with Crippen molar-refractivity contribution in [1.29, 1.82) is 0 Å². The van der Waals surface area contributed by atoms with Crippen LogP contribution >= 0.6 is 0 Å². The minimum atomic E-state index is -1.57. The van der Waals surface area contributed by atoms with Gasteiger partial charge in [-0.2, -0.15) is 0 Å². The lowest BCUT2D eigenvalue weighted by atomic mass is 9.70. The lowest BCUT2D eigenvalue weighted by Gasteiger charge is -2.32. The van der Waals surface area contributed by atoms with Crippen LogP contribution in [0.3, 0.4) is 0 Å². The Bertz CT molecular complexity index is 283. The van der Waals surface area contributed by atoms with E-state index in [1.165, 1.54) is 0 Å². The van der Waals surface area contributed by atoms with Gasteiger partial charge in [-0.3, -0.25) is 4.79 Å². The van der Waals surface area contributed by atoms with Crippen LogP contribution in [0, 0.1) is 16.7 Å². The summed E-state index contributed by atoms with van der Waals surface area (Å²) >= 11 is 0. The summed E-state index contributed by atoms with van der Waals surface area (Å²) in [5.41, 5.74) is -0.575. The van der Waals surface area contributed by atoms with Crippen molar-refractivity contribution in [2.24, 2.45) is 16.7 Å². The van der Waals surface area contributed by atoms with Gasteiger partial charge in [-0.15, -0.1) is 0 Å². The summed E-state index contributed by atoms with van der Waals surface area (Å²) in [5.74, 6) is -0.237. The molecule has 1 nitrogen and oxygen atoms in total. The van der Waals surface area contributed by atoms with Crippen LogP contribution < -0.4 is 0 Å². The summed E-state index contributed by atoms with van der Waals surface area (Å²) in [6.07, 6.45) is 0.155. The molecule has 1 heteroatoms. The number of fused-ring (bicyclic) bond motifs is 2. The smallest absolute Gasteiger partial charge is 0.139 e. The standard InChI is InChI=1S/C10H16O/c1-9(2)7-4-5-10(9,3)8(11)6-7/h7H,4-6H2,1-3H3/i6T2. The van der Waals surface area contributed by atoms with Crippen LogP contribution in [0.2, 0.25) is 0 Å². The number of carbonyl (C=O) groups excluding carboxylic acids is 1. The molecule has 0 N–H and O–H groups in total. The molecule has 11 heavy (non-hydrogen) atoms. The Morgan fingerprint density at radius 1 is 1.55 bits per heavy atom. The van der Waals surface area contributed by atoms with E-state index < -0.39 is 11.8 Å². The maximum atomic E-state index is 11.9.